The number of nitrogens with zero attached hydrogens (tertiary/aromatic N) is 5. The van der Waals surface area contributed by atoms with Crippen LogP contribution in [0.1, 0.15) is 44.3 Å². The van der Waals surface area contributed by atoms with E-state index in [0.29, 0.717) is 24.5 Å². The summed E-state index contributed by atoms with van der Waals surface area (Å²) in [4.78, 5) is 12.8. The number of carbonyl (C=O) groups excluding carboxylic acids is 1. The topological polar surface area (TPSA) is 77.6 Å². The molecule has 1 N–H and O–H groups in total. The van der Waals surface area contributed by atoms with Gasteiger partial charge < -0.3 is 5.32 Å². The Morgan fingerprint density at radius 2 is 1.65 bits per heavy atom. The molecule has 2 heterocycles. The van der Waals surface area contributed by atoms with Crippen LogP contribution in [0.25, 0.3) is 5.69 Å². The first-order chi connectivity index (χ1) is 14.9. The number of rotatable bonds is 6. The molecule has 0 aliphatic heterocycles. The number of hydrogen-bond donors (Lipinski definition) is 1. The van der Waals surface area contributed by atoms with E-state index >= 15 is 0 Å². The van der Waals surface area contributed by atoms with E-state index in [0.717, 1.165) is 28.2 Å². The minimum absolute atomic E-state index is 0.245. The van der Waals surface area contributed by atoms with Crippen LogP contribution in [0.2, 0.25) is 0 Å². The number of carbonyl (C=O) groups is 1. The zero-order valence-electron chi connectivity index (χ0n) is 18.3. The molecule has 158 valence electrons. The Hall–Kier alpha value is -3.74. The molecule has 2 aromatic carbocycles. The van der Waals surface area contributed by atoms with Gasteiger partial charge in [0.2, 0.25) is 0 Å². The number of nitrogens with one attached hydrogen (secondary N) is 1. The fourth-order valence-electron chi connectivity index (χ4n) is 3.62. The third kappa shape index (κ3) is 4.26. The second kappa shape index (κ2) is 8.55. The third-order valence-electron chi connectivity index (χ3n) is 5.52. The lowest BCUT2D eigenvalue weighted by molar-refractivity contribution is 0.0945. The Morgan fingerprint density at radius 1 is 0.935 bits per heavy atom. The predicted octanol–water partition coefficient (Wildman–Crippen LogP) is 3.68. The van der Waals surface area contributed by atoms with Crippen LogP contribution in [0, 0.1) is 27.7 Å². The second-order valence-corrected chi connectivity index (χ2v) is 7.75. The van der Waals surface area contributed by atoms with Crippen LogP contribution in [0.15, 0.2) is 54.6 Å². The van der Waals surface area contributed by atoms with Gasteiger partial charge in [0.25, 0.3) is 5.91 Å². The van der Waals surface area contributed by atoms with Crippen molar-refractivity contribution < 1.29 is 4.79 Å². The highest BCUT2D eigenvalue weighted by atomic mass is 16.2. The summed E-state index contributed by atoms with van der Waals surface area (Å²) < 4.78 is 3.66. The molecular weight excluding hydrogens is 388 g/mol. The van der Waals surface area contributed by atoms with E-state index in [4.69, 9.17) is 0 Å². The lowest BCUT2D eigenvalue weighted by atomic mass is 10.2. The molecule has 4 rings (SSSR count). The first-order valence-corrected chi connectivity index (χ1v) is 10.3. The summed E-state index contributed by atoms with van der Waals surface area (Å²) in [6.45, 7) is 8.97. The van der Waals surface area contributed by atoms with Gasteiger partial charge in [-0.05, 0) is 45.4 Å². The number of aromatic nitrogens is 5. The van der Waals surface area contributed by atoms with Crippen LogP contribution in [0.4, 0.5) is 0 Å². The smallest absolute Gasteiger partial charge is 0.274 e. The molecule has 0 aliphatic carbocycles. The summed E-state index contributed by atoms with van der Waals surface area (Å²) in [5.74, 6) is -0.245. The van der Waals surface area contributed by atoms with Gasteiger partial charge in [-0.2, -0.15) is 5.10 Å². The van der Waals surface area contributed by atoms with Crippen LogP contribution in [-0.4, -0.2) is 30.7 Å². The molecular formula is C24H26N6O. The minimum Gasteiger partial charge on any atom is -0.346 e. The summed E-state index contributed by atoms with van der Waals surface area (Å²) in [6, 6.07) is 18.2. The van der Waals surface area contributed by atoms with E-state index in [1.807, 2.05) is 74.8 Å². The van der Waals surface area contributed by atoms with Crippen molar-refractivity contribution in [2.75, 3.05) is 0 Å². The van der Waals surface area contributed by atoms with Crippen molar-refractivity contribution in [3.8, 4) is 5.69 Å². The molecule has 0 radical (unpaired) electrons. The number of hydrogen-bond acceptors (Lipinski definition) is 4. The van der Waals surface area contributed by atoms with E-state index in [1.165, 1.54) is 5.56 Å². The van der Waals surface area contributed by atoms with Crippen molar-refractivity contribution in [2.45, 2.75) is 40.8 Å². The molecule has 0 bridgehead atoms. The maximum absolute atomic E-state index is 12.8. The minimum atomic E-state index is -0.245. The molecule has 2 aromatic heterocycles. The molecule has 0 unspecified atom stereocenters. The molecule has 7 nitrogen and oxygen atoms in total. The largest absolute Gasteiger partial charge is 0.346 e. The van der Waals surface area contributed by atoms with Crippen LogP contribution >= 0.6 is 0 Å². The molecule has 31 heavy (non-hydrogen) atoms. The summed E-state index contributed by atoms with van der Waals surface area (Å²) >= 11 is 0. The van der Waals surface area contributed by atoms with E-state index in [-0.39, 0.29) is 5.91 Å². The standard InChI is InChI=1S/C24H26N6O/c1-16-10-12-21(13-11-16)30-19(4)23(26-28-30)24(31)25-14-22-17(2)27-29(18(22)3)15-20-8-6-5-7-9-20/h5-13H,14-15H2,1-4H3,(H,25,31). The Bertz CT molecular complexity index is 1210. The van der Waals surface area contributed by atoms with Gasteiger partial charge in [-0.15, -0.1) is 5.10 Å². The molecule has 4 aromatic rings. The Labute approximate surface area is 181 Å². The number of aryl methyl sites for hydroxylation is 2. The van der Waals surface area contributed by atoms with E-state index in [1.54, 1.807) is 4.68 Å². The highest BCUT2D eigenvalue weighted by Gasteiger charge is 2.19. The monoisotopic (exact) mass is 414 g/mol. The first-order valence-electron chi connectivity index (χ1n) is 10.3. The van der Waals surface area contributed by atoms with Crippen LogP contribution in [0.3, 0.4) is 0 Å². The maximum atomic E-state index is 12.8. The van der Waals surface area contributed by atoms with Gasteiger partial charge in [0.15, 0.2) is 5.69 Å². The fourth-order valence-corrected chi connectivity index (χ4v) is 3.62. The summed E-state index contributed by atoms with van der Waals surface area (Å²) in [6.07, 6.45) is 0. The lowest BCUT2D eigenvalue weighted by Gasteiger charge is -2.07. The predicted molar refractivity (Wildman–Crippen MR) is 119 cm³/mol. The SMILES string of the molecule is Cc1ccc(-n2nnc(C(=O)NCc3c(C)nn(Cc4ccccc4)c3C)c2C)cc1. The van der Waals surface area contributed by atoms with Crippen molar-refractivity contribution in [1.82, 2.24) is 30.1 Å². The number of amides is 1. The summed E-state index contributed by atoms with van der Waals surface area (Å²) in [5, 5.41) is 15.9. The average Bonchev–Trinajstić information content (AvgIpc) is 3.27. The average molecular weight is 415 g/mol. The maximum Gasteiger partial charge on any atom is 0.274 e. The highest BCUT2D eigenvalue weighted by molar-refractivity contribution is 5.93. The van der Waals surface area contributed by atoms with Crippen LogP contribution in [0.5, 0.6) is 0 Å². The second-order valence-electron chi connectivity index (χ2n) is 7.75. The normalized spacial score (nSPS) is 11.0. The molecule has 0 saturated heterocycles. The van der Waals surface area contributed by atoms with Gasteiger partial charge in [0.1, 0.15) is 0 Å². The van der Waals surface area contributed by atoms with Gasteiger partial charge in [-0.3, -0.25) is 9.48 Å². The molecule has 7 heteroatoms. The van der Waals surface area contributed by atoms with Gasteiger partial charge in [-0.1, -0.05) is 53.2 Å². The van der Waals surface area contributed by atoms with Crippen molar-refractivity contribution in [2.24, 2.45) is 0 Å². The first kappa shape index (κ1) is 20.5. The lowest BCUT2D eigenvalue weighted by Crippen LogP contribution is -2.24. The Morgan fingerprint density at radius 3 is 2.35 bits per heavy atom. The van der Waals surface area contributed by atoms with Crippen LogP contribution < -0.4 is 5.32 Å². The molecule has 0 spiro atoms. The van der Waals surface area contributed by atoms with E-state index in [9.17, 15) is 4.79 Å². The van der Waals surface area contributed by atoms with Crippen molar-refractivity contribution in [1.29, 1.82) is 0 Å². The van der Waals surface area contributed by atoms with Gasteiger partial charge >= 0.3 is 0 Å². The van der Waals surface area contributed by atoms with Gasteiger partial charge in [0.05, 0.1) is 23.6 Å². The molecule has 0 atom stereocenters. The molecule has 0 fully saturated rings. The molecule has 1 amide bonds. The quantitative estimate of drug-likeness (QED) is 0.522. The number of benzene rings is 2. The van der Waals surface area contributed by atoms with E-state index in [2.05, 4.69) is 32.9 Å². The van der Waals surface area contributed by atoms with Crippen molar-refractivity contribution in [3.63, 3.8) is 0 Å². The molecule has 0 saturated carbocycles. The zero-order chi connectivity index (χ0) is 22.0. The fraction of sp³-hybridized carbons (Fsp3) is 0.250. The van der Waals surface area contributed by atoms with Crippen LogP contribution in [-0.2, 0) is 13.1 Å². The van der Waals surface area contributed by atoms with Gasteiger partial charge in [-0.25, -0.2) is 4.68 Å². The van der Waals surface area contributed by atoms with Crippen molar-refractivity contribution in [3.05, 3.63) is 94.1 Å². The summed E-state index contributed by atoms with van der Waals surface area (Å²) in [7, 11) is 0. The highest BCUT2D eigenvalue weighted by Crippen LogP contribution is 2.16. The Balaban J connectivity index is 1.48. The Kier molecular flexibility index (Phi) is 5.66. The van der Waals surface area contributed by atoms with Gasteiger partial charge in [0, 0.05) is 17.8 Å². The zero-order valence-corrected chi connectivity index (χ0v) is 18.3. The van der Waals surface area contributed by atoms with Crippen molar-refractivity contribution >= 4 is 5.91 Å². The summed E-state index contributed by atoms with van der Waals surface area (Å²) in [5.41, 5.74) is 7.24. The third-order valence-corrected chi connectivity index (χ3v) is 5.52. The molecule has 0 aliphatic rings. The van der Waals surface area contributed by atoms with E-state index < -0.39 is 0 Å².